The lowest BCUT2D eigenvalue weighted by Gasteiger charge is -2.13. The van der Waals surface area contributed by atoms with Gasteiger partial charge in [0.2, 0.25) is 5.91 Å². The molecule has 0 aromatic heterocycles. The number of methoxy groups -OCH3 is 1. The van der Waals surface area contributed by atoms with Crippen LogP contribution in [0, 0.1) is 0 Å². The molecule has 80 valence electrons. The number of carbonyl (C=O) groups excluding carboxylic acids is 2. The lowest BCUT2D eigenvalue weighted by atomic mass is 10.5. The third-order valence-electron chi connectivity index (χ3n) is 1.69. The van der Waals surface area contributed by atoms with Gasteiger partial charge in [0.05, 0.1) is 13.7 Å². The molecule has 5 nitrogen and oxygen atoms in total. The predicted molar refractivity (Wildman–Crippen MR) is 52.5 cm³/mol. The van der Waals surface area contributed by atoms with Crippen molar-refractivity contribution in [2.45, 2.75) is 6.92 Å². The van der Waals surface area contributed by atoms with Crippen molar-refractivity contribution in [3.63, 3.8) is 0 Å². The van der Waals surface area contributed by atoms with Crippen molar-refractivity contribution in [3.05, 3.63) is 12.3 Å². The Morgan fingerprint density at radius 1 is 1.50 bits per heavy atom. The third kappa shape index (κ3) is 5.18. The summed E-state index contributed by atoms with van der Waals surface area (Å²) in [6.07, 6.45) is 2.62. The number of amides is 1. The summed E-state index contributed by atoms with van der Waals surface area (Å²) >= 11 is 0. The topological polar surface area (TPSA) is 58.6 Å². The number of carbonyl (C=O) groups is 2. The molecule has 0 spiro atoms. The normalized spacial score (nSPS) is 9.93. The molecule has 5 heteroatoms. The van der Waals surface area contributed by atoms with Gasteiger partial charge in [-0.15, -0.1) is 0 Å². The zero-order valence-electron chi connectivity index (χ0n) is 8.74. The van der Waals surface area contributed by atoms with Gasteiger partial charge in [-0.25, -0.2) is 4.79 Å². The highest BCUT2D eigenvalue weighted by Gasteiger charge is 2.03. The zero-order valence-corrected chi connectivity index (χ0v) is 8.74. The fourth-order valence-corrected chi connectivity index (χ4v) is 0.653. The average Bonchev–Trinajstić information content (AvgIpc) is 2.22. The Kier molecular flexibility index (Phi) is 6.19. The van der Waals surface area contributed by atoms with Crippen LogP contribution in [0.25, 0.3) is 0 Å². The molecule has 0 rings (SSSR count). The van der Waals surface area contributed by atoms with Crippen LogP contribution in [-0.4, -0.2) is 44.0 Å². The molecule has 0 aromatic rings. The first kappa shape index (κ1) is 12.5. The van der Waals surface area contributed by atoms with Crippen molar-refractivity contribution in [1.82, 2.24) is 10.2 Å². The van der Waals surface area contributed by atoms with E-state index in [4.69, 9.17) is 0 Å². The van der Waals surface area contributed by atoms with E-state index in [0.29, 0.717) is 6.54 Å². The predicted octanol–water partition coefficient (Wildman–Crippen LogP) is -0.259. The van der Waals surface area contributed by atoms with Gasteiger partial charge in [-0.2, -0.15) is 0 Å². The second-order valence-electron chi connectivity index (χ2n) is 2.65. The number of nitrogens with zero attached hydrogens (tertiary/aromatic N) is 1. The second kappa shape index (κ2) is 6.94. The maximum atomic E-state index is 11.2. The molecule has 0 atom stereocenters. The van der Waals surface area contributed by atoms with Crippen LogP contribution in [0.1, 0.15) is 6.92 Å². The Balaban J connectivity index is 3.69. The first-order valence-corrected chi connectivity index (χ1v) is 4.33. The van der Waals surface area contributed by atoms with E-state index in [1.165, 1.54) is 19.4 Å². The molecule has 0 unspecified atom stereocenters. The molecule has 0 saturated heterocycles. The van der Waals surface area contributed by atoms with Gasteiger partial charge >= 0.3 is 5.97 Å². The minimum Gasteiger partial charge on any atom is -0.466 e. The van der Waals surface area contributed by atoms with Crippen LogP contribution in [0.3, 0.4) is 0 Å². The van der Waals surface area contributed by atoms with Crippen LogP contribution in [-0.2, 0) is 14.3 Å². The molecular formula is C9H16N2O3. The molecule has 1 amide bonds. The standard InChI is InChI=1S/C9H16N2O3/c1-4-11(2)8(12)7-10-6-5-9(13)14-3/h5-6,10H,4,7H2,1-3H3/b6-5+. The van der Waals surface area contributed by atoms with Crippen molar-refractivity contribution < 1.29 is 14.3 Å². The molecule has 0 saturated carbocycles. The monoisotopic (exact) mass is 200 g/mol. The number of hydrogen-bond donors (Lipinski definition) is 1. The van der Waals surface area contributed by atoms with Gasteiger partial charge < -0.3 is 15.0 Å². The van der Waals surface area contributed by atoms with Gasteiger partial charge in [0.25, 0.3) is 0 Å². The molecule has 14 heavy (non-hydrogen) atoms. The van der Waals surface area contributed by atoms with Gasteiger partial charge in [-0.1, -0.05) is 0 Å². The summed E-state index contributed by atoms with van der Waals surface area (Å²) in [5.74, 6) is -0.476. The molecule has 0 aromatic carbocycles. The summed E-state index contributed by atoms with van der Waals surface area (Å²) in [6.45, 7) is 2.74. The van der Waals surface area contributed by atoms with Crippen LogP contribution >= 0.6 is 0 Å². The Morgan fingerprint density at radius 2 is 2.14 bits per heavy atom. The van der Waals surface area contributed by atoms with Gasteiger partial charge in [-0.05, 0) is 6.92 Å². The van der Waals surface area contributed by atoms with E-state index in [1.54, 1.807) is 11.9 Å². The van der Waals surface area contributed by atoms with Crippen molar-refractivity contribution in [2.75, 3.05) is 27.2 Å². The van der Waals surface area contributed by atoms with E-state index in [1.807, 2.05) is 6.92 Å². The summed E-state index contributed by atoms with van der Waals surface area (Å²) in [5.41, 5.74) is 0. The molecule has 0 aliphatic heterocycles. The summed E-state index contributed by atoms with van der Waals surface area (Å²) < 4.78 is 4.36. The second-order valence-corrected chi connectivity index (χ2v) is 2.65. The maximum absolute atomic E-state index is 11.2. The number of esters is 1. The lowest BCUT2D eigenvalue weighted by molar-refractivity contribution is -0.135. The molecule has 0 aliphatic rings. The van der Waals surface area contributed by atoms with E-state index >= 15 is 0 Å². The number of ether oxygens (including phenoxy) is 1. The van der Waals surface area contributed by atoms with Crippen LogP contribution in [0.15, 0.2) is 12.3 Å². The van der Waals surface area contributed by atoms with E-state index in [9.17, 15) is 9.59 Å². The molecule has 1 N–H and O–H groups in total. The summed E-state index contributed by atoms with van der Waals surface area (Å²) in [5, 5.41) is 2.69. The minimum absolute atomic E-state index is 0.0259. The van der Waals surface area contributed by atoms with Crippen LogP contribution < -0.4 is 5.32 Å². The van der Waals surface area contributed by atoms with Crippen molar-refractivity contribution >= 4 is 11.9 Å². The van der Waals surface area contributed by atoms with Gasteiger partial charge in [-0.3, -0.25) is 4.79 Å². The Labute approximate surface area is 83.7 Å². The van der Waals surface area contributed by atoms with E-state index in [0.717, 1.165) is 0 Å². The van der Waals surface area contributed by atoms with Crippen molar-refractivity contribution in [1.29, 1.82) is 0 Å². The van der Waals surface area contributed by atoms with E-state index < -0.39 is 5.97 Å². The lowest BCUT2D eigenvalue weighted by Crippen LogP contribution is -2.33. The maximum Gasteiger partial charge on any atom is 0.331 e. The summed E-state index contributed by atoms with van der Waals surface area (Å²) in [6, 6.07) is 0. The van der Waals surface area contributed by atoms with Crippen molar-refractivity contribution in [2.24, 2.45) is 0 Å². The van der Waals surface area contributed by atoms with Crippen LogP contribution in [0.2, 0.25) is 0 Å². The van der Waals surface area contributed by atoms with E-state index in [2.05, 4.69) is 10.1 Å². The highest BCUT2D eigenvalue weighted by atomic mass is 16.5. The van der Waals surface area contributed by atoms with Crippen LogP contribution in [0.5, 0.6) is 0 Å². The highest BCUT2D eigenvalue weighted by molar-refractivity contribution is 5.82. The minimum atomic E-state index is -0.450. The molecule has 0 aliphatic carbocycles. The first-order chi connectivity index (χ1) is 6.61. The van der Waals surface area contributed by atoms with Gasteiger partial charge in [0, 0.05) is 25.9 Å². The SMILES string of the molecule is CCN(C)C(=O)CN/C=C/C(=O)OC. The molecule has 0 heterocycles. The quantitative estimate of drug-likeness (QED) is 0.490. The zero-order chi connectivity index (χ0) is 11.0. The molecule has 0 bridgehead atoms. The molecule has 0 radical (unpaired) electrons. The Bertz CT molecular complexity index is 226. The smallest absolute Gasteiger partial charge is 0.331 e. The fourth-order valence-electron chi connectivity index (χ4n) is 0.653. The number of rotatable bonds is 5. The Hall–Kier alpha value is -1.52. The third-order valence-corrected chi connectivity index (χ3v) is 1.69. The van der Waals surface area contributed by atoms with Gasteiger partial charge in [0.1, 0.15) is 0 Å². The first-order valence-electron chi connectivity index (χ1n) is 4.33. The molecule has 0 fully saturated rings. The average molecular weight is 200 g/mol. The Morgan fingerprint density at radius 3 is 2.64 bits per heavy atom. The van der Waals surface area contributed by atoms with E-state index in [-0.39, 0.29) is 12.5 Å². The molecular weight excluding hydrogens is 184 g/mol. The highest BCUT2D eigenvalue weighted by Crippen LogP contribution is 1.82. The summed E-state index contributed by atoms with van der Waals surface area (Å²) in [7, 11) is 3.01. The van der Waals surface area contributed by atoms with Gasteiger partial charge in [0.15, 0.2) is 0 Å². The largest absolute Gasteiger partial charge is 0.466 e. The van der Waals surface area contributed by atoms with Crippen molar-refractivity contribution in [3.8, 4) is 0 Å². The number of nitrogens with one attached hydrogen (secondary N) is 1. The number of hydrogen-bond acceptors (Lipinski definition) is 4. The number of likely N-dealkylation sites (N-methyl/N-ethyl adjacent to an activating group) is 1. The fraction of sp³-hybridized carbons (Fsp3) is 0.556. The van der Waals surface area contributed by atoms with Crippen LogP contribution in [0.4, 0.5) is 0 Å². The summed E-state index contributed by atoms with van der Waals surface area (Å²) in [4.78, 5) is 23.4.